The van der Waals surface area contributed by atoms with Crippen LogP contribution in [0.1, 0.15) is 6.92 Å². The predicted octanol–water partition coefficient (Wildman–Crippen LogP) is 0.0818. The molecule has 0 aliphatic heterocycles. The highest BCUT2D eigenvalue weighted by Crippen LogP contribution is 2.44. The van der Waals surface area contributed by atoms with Gasteiger partial charge >= 0.3 is 17.9 Å². The summed E-state index contributed by atoms with van der Waals surface area (Å²) in [6.07, 6.45) is -2.30. The first kappa shape index (κ1) is 14.6. The Kier molecular flexibility index (Phi) is 5.74. The zero-order valence-corrected chi connectivity index (χ0v) is 9.61. The standard InChI is InChI=1S/C8H13O7P/c1-2-15-8(13)5-16(14,3-6(9)10)4-7(11)12/h2-5H2,1H3,(H,9,10)(H,11,12). The molecule has 8 heteroatoms. The molecule has 92 valence electrons. The third kappa shape index (κ3) is 6.19. The lowest BCUT2D eigenvalue weighted by Gasteiger charge is -2.12. The molecule has 0 radical (unpaired) electrons. The second-order valence-electron chi connectivity index (χ2n) is 3.12. The molecule has 0 bridgehead atoms. The molecule has 0 unspecified atom stereocenters. The number of ether oxygens (including phenoxy) is 1. The highest BCUT2D eigenvalue weighted by Gasteiger charge is 2.32. The molecule has 0 aromatic rings. The van der Waals surface area contributed by atoms with Crippen LogP contribution in [-0.2, 0) is 23.7 Å². The summed E-state index contributed by atoms with van der Waals surface area (Å²) in [6, 6.07) is 0. The number of esters is 1. The summed E-state index contributed by atoms with van der Waals surface area (Å²) < 4.78 is 16.4. The van der Waals surface area contributed by atoms with Crippen LogP contribution in [-0.4, -0.2) is 53.2 Å². The summed E-state index contributed by atoms with van der Waals surface area (Å²) in [5.41, 5.74) is 0. The Bertz CT molecular complexity index is 315. The molecule has 7 nitrogen and oxygen atoms in total. The van der Waals surface area contributed by atoms with Gasteiger partial charge in [-0.1, -0.05) is 0 Å². The third-order valence-electron chi connectivity index (χ3n) is 1.57. The van der Waals surface area contributed by atoms with Crippen LogP contribution in [0, 0.1) is 0 Å². The second kappa shape index (κ2) is 6.27. The van der Waals surface area contributed by atoms with Gasteiger partial charge in [-0.25, -0.2) is 0 Å². The van der Waals surface area contributed by atoms with Gasteiger partial charge in [0.2, 0.25) is 0 Å². The summed E-state index contributed by atoms with van der Waals surface area (Å²) in [7, 11) is -3.59. The van der Waals surface area contributed by atoms with E-state index < -0.39 is 43.5 Å². The number of rotatable bonds is 7. The van der Waals surface area contributed by atoms with Crippen molar-refractivity contribution >= 4 is 25.0 Å². The van der Waals surface area contributed by atoms with Crippen LogP contribution >= 0.6 is 7.14 Å². The normalized spacial score (nSPS) is 10.8. The van der Waals surface area contributed by atoms with Gasteiger partial charge in [0.1, 0.15) is 25.6 Å². The molecule has 2 N–H and O–H groups in total. The number of aliphatic carboxylic acids is 2. The number of carbonyl (C=O) groups is 3. The number of carboxylic acids is 2. The van der Waals surface area contributed by atoms with Gasteiger partial charge in [-0.3, -0.25) is 14.4 Å². The molecule has 0 fully saturated rings. The second-order valence-corrected chi connectivity index (χ2v) is 6.19. The van der Waals surface area contributed by atoms with E-state index >= 15 is 0 Å². The van der Waals surface area contributed by atoms with Crippen molar-refractivity contribution in [2.24, 2.45) is 0 Å². The van der Waals surface area contributed by atoms with E-state index in [4.69, 9.17) is 10.2 Å². The lowest BCUT2D eigenvalue weighted by Crippen LogP contribution is -2.19. The molecular formula is C8H13O7P. The molecule has 0 rings (SSSR count). The fraction of sp³-hybridized carbons (Fsp3) is 0.625. The number of carbonyl (C=O) groups excluding carboxylic acids is 1. The first-order chi connectivity index (χ1) is 7.29. The maximum absolute atomic E-state index is 11.9. The first-order valence-electron chi connectivity index (χ1n) is 4.45. The van der Waals surface area contributed by atoms with Crippen LogP contribution in [0.25, 0.3) is 0 Å². The SMILES string of the molecule is CCOC(=O)CP(=O)(CC(=O)O)CC(=O)O. The summed E-state index contributed by atoms with van der Waals surface area (Å²) in [5.74, 6) is -3.63. The lowest BCUT2D eigenvalue weighted by atomic mass is 10.7. The maximum atomic E-state index is 11.9. The molecule has 0 heterocycles. The molecule has 0 aliphatic rings. The average molecular weight is 252 g/mol. The Morgan fingerprint density at radius 2 is 1.50 bits per heavy atom. The molecule has 0 saturated carbocycles. The monoisotopic (exact) mass is 252 g/mol. The topological polar surface area (TPSA) is 118 Å². The van der Waals surface area contributed by atoms with E-state index in [1.807, 2.05) is 0 Å². The molecular weight excluding hydrogens is 239 g/mol. The maximum Gasteiger partial charge on any atom is 0.313 e. The smallest absolute Gasteiger partial charge is 0.313 e. The molecule has 0 aliphatic carbocycles. The number of carboxylic acid groups (broad SMARTS) is 2. The zero-order chi connectivity index (χ0) is 12.8. The fourth-order valence-electron chi connectivity index (χ4n) is 1.10. The lowest BCUT2D eigenvalue weighted by molar-refractivity contribution is -0.140. The van der Waals surface area contributed by atoms with Crippen LogP contribution in [0.5, 0.6) is 0 Å². The van der Waals surface area contributed by atoms with Gasteiger partial charge in [0.25, 0.3) is 0 Å². The van der Waals surface area contributed by atoms with Crippen molar-refractivity contribution in [3.05, 3.63) is 0 Å². The van der Waals surface area contributed by atoms with Crippen LogP contribution in [0.4, 0.5) is 0 Å². The van der Waals surface area contributed by atoms with Crippen molar-refractivity contribution in [1.29, 1.82) is 0 Å². The van der Waals surface area contributed by atoms with E-state index in [1.165, 1.54) is 6.92 Å². The largest absolute Gasteiger partial charge is 0.481 e. The molecule has 0 aromatic heterocycles. The quantitative estimate of drug-likeness (QED) is 0.486. The Labute approximate surface area is 91.8 Å². The average Bonchev–Trinajstić information content (AvgIpc) is 1.98. The van der Waals surface area contributed by atoms with Crippen LogP contribution in [0.15, 0.2) is 0 Å². The molecule has 0 aromatic carbocycles. The van der Waals surface area contributed by atoms with Gasteiger partial charge in [0.15, 0.2) is 0 Å². The van der Waals surface area contributed by atoms with Crippen LogP contribution in [0.3, 0.4) is 0 Å². The van der Waals surface area contributed by atoms with Crippen molar-refractivity contribution in [2.45, 2.75) is 6.92 Å². The van der Waals surface area contributed by atoms with Crippen molar-refractivity contribution in [1.82, 2.24) is 0 Å². The van der Waals surface area contributed by atoms with E-state index in [0.29, 0.717) is 0 Å². The van der Waals surface area contributed by atoms with Crippen molar-refractivity contribution in [3.8, 4) is 0 Å². The molecule has 0 saturated heterocycles. The van der Waals surface area contributed by atoms with Gasteiger partial charge in [-0.2, -0.15) is 0 Å². The number of hydrogen-bond acceptors (Lipinski definition) is 5. The van der Waals surface area contributed by atoms with E-state index in [1.54, 1.807) is 0 Å². The van der Waals surface area contributed by atoms with E-state index in [2.05, 4.69) is 4.74 Å². The van der Waals surface area contributed by atoms with Crippen molar-refractivity contribution < 1.29 is 33.9 Å². The highest BCUT2D eigenvalue weighted by atomic mass is 31.2. The first-order valence-corrected chi connectivity index (χ1v) is 6.71. The van der Waals surface area contributed by atoms with E-state index in [0.717, 1.165) is 0 Å². The molecule has 0 amide bonds. The molecule has 0 atom stereocenters. The highest BCUT2D eigenvalue weighted by molar-refractivity contribution is 7.66. The molecule has 0 spiro atoms. The Morgan fingerprint density at radius 3 is 1.81 bits per heavy atom. The Balaban J connectivity index is 4.65. The molecule has 16 heavy (non-hydrogen) atoms. The predicted molar refractivity (Wildman–Crippen MR) is 54.1 cm³/mol. The third-order valence-corrected chi connectivity index (χ3v) is 4.10. The number of hydrogen-bond donors (Lipinski definition) is 2. The summed E-state index contributed by atoms with van der Waals surface area (Å²) in [4.78, 5) is 31.9. The summed E-state index contributed by atoms with van der Waals surface area (Å²) in [6.45, 7) is 1.61. The van der Waals surface area contributed by atoms with Crippen LogP contribution in [0.2, 0.25) is 0 Å². The Hall–Kier alpha value is -1.36. The van der Waals surface area contributed by atoms with E-state index in [9.17, 15) is 18.9 Å². The minimum absolute atomic E-state index is 0.0684. The van der Waals surface area contributed by atoms with Gasteiger partial charge in [0.05, 0.1) is 6.61 Å². The van der Waals surface area contributed by atoms with E-state index in [-0.39, 0.29) is 6.61 Å². The van der Waals surface area contributed by atoms with Gasteiger partial charge < -0.3 is 19.5 Å². The Morgan fingerprint density at radius 1 is 1.06 bits per heavy atom. The minimum Gasteiger partial charge on any atom is -0.481 e. The van der Waals surface area contributed by atoms with Crippen LogP contribution < -0.4 is 0 Å². The van der Waals surface area contributed by atoms with Crippen molar-refractivity contribution in [3.63, 3.8) is 0 Å². The fourth-order valence-corrected chi connectivity index (χ4v) is 2.99. The van der Waals surface area contributed by atoms with Gasteiger partial charge in [0, 0.05) is 0 Å². The summed E-state index contributed by atoms with van der Waals surface area (Å²) >= 11 is 0. The van der Waals surface area contributed by atoms with Gasteiger partial charge in [-0.05, 0) is 6.92 Å². The van der Waals surface area contributed by atoms with Gasteiger partial charge in [-0.15, -0.1) is 0 Å². The van der Waals surface area contributed by atoms with Crippen molar-refractivity contribution in [2.75, 3.05) is 25.1 Å². The summed E-state index contributed by atoms with van der Waals surface area (Å²) in [5, 5.41) is 17.0. The minimum atomic E-state index is -3.59. The zero-order valence-electron chi connectivity index (χ0n) is 8.71.